The van der Waals surface area contributed by atoms with Crippen LogP contribution in [0.25, 0.3) is 0 Å². The molecule has 1 aliphatic heterocycles. The largest absolute Gasteiger partial charge is 0.337 e. The fourth-order valence-electron chi connectivity index (χ4n) is 2.39. The summed E-state index contributed by atoms with van der Waals surface area (Å²) in [6.45, 7) is 7.32. The van der Waals surface area contributed by atoms with Gasteiger partial charge in [-0.1, -0.05) is 18.2 Å². The van der Waals surface area contributed by atoms with Crippen LogP contribution in [-0.2, 0) is 4.79 Å². The molecule has 2 amide bonds. The standard InChI is InChI=1S/C15H20N2O2/c1-11(2)17-9-8-16(10-14(17)18)15(19)13-7-5-4-6-12(13)3/h4-7,11H,8-10H2,1-3H3. The van der Waals surface area contributed by atoms with Crippen molar-refractivity contribution in [1.82, 2.24) is 9.80 Å². The van der Waals surface area contributed by atoms with Gasteiger partial charge < -0.3 is 9.80 Å². The van der Waals surface area contributed by atoms with E-state index in [1.54, 1.807) is 4.90 Å². The number of aryl methyl sites for hydroxylation is 1. The van der Waals surface area contributed by atoms with E-state index >= 15 is 0 Å². The summed E-state index contributed by atoms with van der Waals surface area (Å²) in [6, 6.07) is 7.69. The SMILES string of the molecule is Cc1ccccc1C(=O)N1CCN(C(C)C)C(=O)C1. The summed E-state index contributed by atoms with van der Waals surface area (Å²) in [4.78, 5) is 27.9. The molecule has 4 nitrogen and oxygen atoms in total. The van der Waals surface area contributed by atoms with E-state index < -0.39 is 0 Å². The Balaban J connectivity index is 2.11. The van der Waals surface area contributed by atoms with Crippen molar-refractivity contribution in [2.75, 3.05) is 19.6 Å². The molecule has 1 aliphatic rings. The smallest absolute Gasteiger partial charge is 0.254 e. The second-order valence-corrected chi connectivity index (χ2v) is 5.22. The van der Waals surface area contributed by atoms with Gasteiger partial charge in [-0.2, -0.15) is 0 Å². The molecule has 2 rings (SSSR count). The van der Waals surface area contributed by atoms with Crippen molar-refractivity contribution in [3.8, 4) is 0 Å². The highest BCUT2D eigenvalue weighted by molar-refractivity contribution is 5.98. The Hall–Kier alpha value is -1.84. The Bertz CT molecular complexity index is 497. The second kappa shape index (κ2) is 5.43. The lowest BCUT2D eigenvalue weighted by molar-refractivity contribution is -0.136. The predicted octanol–water partition coefficient (Wildman–Crippen LogP) is 1.69. The van der Waals surface area contributed by atoms with E-state index in [2.05, 4.69) is 0 Å². The van der Waals surface area contributed by atoms with Gasteiger partial charge in [0.1, 0.15) is 6.54 Å². The third kappa shape index (κ3) is 2.78. The van der Waals surface area contributed by atoms with Crippen LogP contribution in [-0.4, -0.2) is 47.3 Å². The molecule has 1 heterocycles. The van der Waals surface area contributed by atoms with Crippen LogP contribution in [0.5, 0.6) is 0 Å². The second-order valence-electron chi connectivity index (χ2n) is 5.22. The van der Waals surface area contributed by atoms with Gasteiger partial charge in [-0.25, -0.2) is 0 Å². The lowest BCUT2D eigenvalue weighted by Gasteiger charge is -2.36. The summed E-state index contributed by atoms with van der Waals surface area (Å²) in [5, 5.41) is 0. The molecule has 1 aromatic rings. The van der Waals surface area contributed by atoms with Crippen molar-refractivity contribution in [1.29, 1.82) is 0 Å². The van der Waals surface area contributed by atoms with Crippen molar-refractivity contribution in [3.05, 3.63) is 35.4 Å². The first kappa shape index (κ1) is 13.6. The average molecular weight is 260 g/mol. The molecule has 1 saturated heterocycles. The highest BCUT2D eigenvalue weighted by Gasteiger charge is 2.29. The maximum absolute atomic E-state index is 12.4. The fourth-order valence-corrected chi connectivity index (χ4v) is 2.39. The van der Waals surface area contributed by atoms with Crippen molar-refractivity contribution in [2.24, 2.45) is 0 Å². The third-order valence-corrected chi connectivity index (χ3v) is 3.54. The van der Waals surface area contributed by atoms with Crippen molar-refractivity contribution in [2.45, 2.75) is 26.8 Å². The van der Waals surface area contributed by atoms with Gasteiger partial charge in [0.15, 0.2) is 0 Å². The Kier molecular flexibility index (Phi) is 3.88. The highest BCUT2D eigenvalue weighted by atomic mass is 16.2. The molecule has 0 unspecified atom stereocenters. The molecule has 0 aromatic heterocycles. The first-order chi connectivity index (χ1) is 9.00. The van der Waals surface area contributed by atoms with E-state index in [9.17, 15) is 9.59 Å². The molecule has 0 saturated carbocycles. The van der Waals surface area contributed by atoms with Crippen LogP contribution < -0.4 is 0 Å². The van der Waals surface area contributed by atoms with Gasteiger partial charge in [-0.15, -0.1) is 0 Å². The van der Waals surface area contributed by atoms with Crippen molar-refractivity contribution < 1.29 is 9.59 Å². The van der Waals surface area contributed by atoms with E-state index in [0.717, 1.165) is 5.56 Å². The predicted molar refractivity (Wildman–Crippen MR) is 73.9 cm³/mol. The number of piperazine rings is 1. The normalized spacial score (nSPS) is 16.1. The zero-order valence-electron chi connectivity index (χ0n) is 11.7. The molecule has 102 valence electrons. The molecule has 1 fully saturated rings. The van der Waals surface area contributed by atoms with E-state index in [1.165, 1.54) is 0 Å². The molecule has 1 aromatic carbocycles. The van der Waals surface area contributed by atoms with Gasteiger partial charge >= 0.3 is 0 Å². The Morgan fingerprint density at radius 3 is 2.47 bits per heavy atom. The monoisotopic (exact) mass is 260 g/mol. The molecule has 19 heavy (non-hydrogen) atoms. The molecule has 0 atom stereocenters. The number of hydrogen-bond donors (Lipinski definition) is 0. The summed E-state index contributed by atoms with van der Waals surface area (Å²) in [7, 11) is 0. The Morgan fingerprint density at radius 1 is 1.21 bits per heavy atom. The molecule has 0 N–H and O–H groups in total. The van der Waals surface area contributed by atoms with Crippen LogP contribution >= 0.6 is 0 Å². The summed E-state index contributed by atoms with van der Waals surface area (Å²) in [5.74, 6) is -0.0157. The molecular formula is C15H20N2O2. The summed E-state index contributed by atoms with van der Waals surface area (Å²) in [6.07, 6.45) is 0. The number of carbonyl (C=O) groups excluding carboxylic acids is 2. The number of nitrogens with zero attached hydrogens (tertiary/aromatic N) is 2. The maximum Gasteiger partial charge on any atom is 0.254 e. The van der Waals surface area contributed by atoms with Crippen LogP contribution in [0.15, 0.2) is 24.3 Å². The quantitative estimate of drug-likeness (QED) is 0.812. The van der Waals surface area contributed by atoms with Gasteiger partial charge in [-0.05, 0) is 32.4 Å². The summed E-state index contributed by atoms with van der Waals surface area (Å²) < 4.78 is 0. The molecular weight excluding hydrogens is 240 g/mol. The van der Waals surface area contributed by atoms with Crippen LogP contribution in [0.2, 0.25) is 0 Å². The van der Waals surface area contributed by atoms with Crippen LogP contribution in [0, 0.1) is 6.92 Å². The lowest BCUT2D eigenvalue weighted by Crippen LogP contribution is -2.54. The first-order valence-corrected chi connectivity index (χ1v) is 6.65. The molecule has 0 bridgehead atoms. The maximum atomic E-state index is 12.4. The first-order valence-electron chi connectivity index (χ1n) is 6.65. The molecule has 0 aliphatic carbocycles. The molecule has 4 heteroatoms. The van der Waals surface area contributed by atoms with Crippen molar-refractivity contribution in [3.63, 3.8) is 0 Å². The van der Waals surface area contributed by atoms with Gasteiger partial charge in [-0.3, -0.25) is 9.59 Å². The van der Waals surface area contributed by atoms with E-state index in [1.807, 2.05) is 49.9 Å². The summed E-state index contributed by atoms with van der Waals surface area (Å²) in [5.41, 5.74) is 1.64. The highest BCUT2D eigenvalue weighted by Crippen LogP contribution is 2.14. The minimum absolute atomic E-state index is 0.0307. The zero-order chi connectivity index (χ0) is 14.0. The third-order valence-electron chi connectivity index (χ3n) is 3.54. The van der Waals surface area contributed by atoms with E-state index in [0.29, 0.717) is 18.7 Å². The lowest BCUT2D eigenvalue weighted by atomic mass is 10.1. The van der Waals surface area contributed by atoms with E-state index in [-0.39, 0.29) is 24.4 Å². The number of carbonyl (C=O) groups is 2. The fraction of sp³-hybridized carbons (Fsp3) is 0.467. The summed E-state index contributed by atoms with van der Waals surface area (Å²) >= 11 is 0. The van der Waals surface area contributed by atoms with E-state index in [4.69, 9.17) is 0 Å². The Labute approximate surface area is 114 Å². The van der Waals surface area contributed by atoms with Crippen LogP contribution in [0.4, 0.5) is 0 Å². The molecule has 0 radical (unpaired) electrons. The average Bonchev–Trinajstić information content (AvgIpc) is 2.38. The zero-order valence-corrected chi connectivity index (χ0v) is 11.7. The van der Waals surface area contributed by atoms with Crippen LogP contribution in [0.1, 0.15) is 29.8 Å². The van der Waals surface area contributed by atoms with Gasteiger partial charge in [0.25, 0.3) is 5.91 Å². The number of hydrogen-bond acceptors (Lipinski definition) is 2. The van der Waals surface area contributed by atoms with Gasteiger partial charge in [0.2, 0.25) is 5.91 Å². The number of amides is 2. The van der Waals surface area contributed by atoms with Gasteiger partial charge in [0, 0.05) is 24.7 Å². The number of benzene rings is 1. The Morgan fingerprint density at radius 2 is 1.89 bits per heavy atom. The van der Waals surface area contributed by atoms with Crippen LogP contribution in [0.3, 0.4) is 0 Å². The minimum atomic E-state index is -0.0464. The topological polar surface area (TPSA) is 40.6 Å². The minimum Gasteiger partial charge on any atom is -0.337 e. The van der Waals surface area contributed by atoms with Gasteiger partial charge in [0.05, 0.1) is 0 Å². The van der Waals surface area contributed by atoms with Crippen molar-refractivity contribution >= 4 is 11.8 Å². The molecule has 0 spiro atoms. The number of rotatable bonds is 2.